The predicted octanol–water partition coefficient (Wildman–Crippen LogP) is 10.9. The molecule has 6 rings (SSSR count). The van der Waals surface area contributed by atoms with E-state index in [1.807, 2.05) is 0 Å². The van der Waals surface area contributed by atoms with Gasteiger partial charge in [-0.25, -0.2) is 0 Å². The van der Waals surface area contributed by atoms with E-state index in [-0.39, 0.29) is 20.3 Å². The first-order chi connectivity index (χ1) is 18.3. The maximum atomic E-state index is 3.06. The van der Waals surface area contributed by atoms with Crippen molar-refractivity contribution in [1.82, 2.24) is 0 Å². The summed E-state index contributed by atoms with van der Waals surface area (Å²) in [5, 5.41) is 5.45. The van der Waals surface area contributed by atoms with Crippen LogP contribution in [0.3, 0.4) is 0 Å². The fourth-order valence-corrected chi connectivity index (χ4v) is 5.00. The Kier molecular flexibility index (Phi) is 12.3. The molecule has 0 spiro atoms. The zero-order valence-electron chi connectivity index (χ0n) is 25.0. The van der Waals surface area contributed by atoms with Crippen molar-refractivity contribution < 1.29 is 23.3 Å². The van der Waals surface area contributed by atoms with E-state index in [1.165, 1.54) is 83.8 Å². The normalized spacial score (nSPS) is 10.4. The summed E-state index contributed by atoms with van der Waals surface area (Å²) < 4.78 is 0. The zero-order chi connectivity index (χ0) is 27.3. The van der Waals surface area contributed by atoms with Crippen molar-refractivity contribution in [1.29, 1.82) is 0 Å². The van der Waals surface area contributed by atoms with Gasteiger partial charge < -0.3 is 14.9 Å². The van der Waals surface area contributed by atoms with Gasteiger partial charge in [0.15, 0.2) is 0 Å². The molecule has 0 amide bonds. The van der Waals surface area contributed by atoms with Gasteiger partial charge in [0.25, 0.3) is 0 Å². The fourth-order valence-electron chi connectivity index (χ4n) is 5.00. The third kappa shape index (κ3) is 7.48. The average molecular weight is 616 g/mol. The van der Waals surface area contributed by atoms with E-state index < -0.39 is 0 Å². The first-order valence-corrected chi connectivity index (χ1v) is 17.2. The summed E-state index contributed by atoms with van der Waals surface area (Å²) in [7, 11) is 0. The zero-order valence-corrected chi connectivity index (χ0v) is 28.4. The molecule has 40 heavy (non-hydrogen) atoms. The van der Waals surface area contributed by atoms with E-state index in [0.29, 0.717) is 0 Å². The first kappa shape index (κ1) is 33.4. The molecule has 6 aromatic rings. The molecule has 0 aromatic heterocycles. The van der Waals surface area contributed by atoms with E-state index in [2.05, 4.69) is 157 Å². The molecular formula is C38H40SiZr-4. The van der Waals surface area contributed by atoms with Crippen LogP contribution in [0, 0.1) is 28.7 Å². The van der Waals surface area contributed by atoms with Crippen molar-refractivity contribution in [3.05, 3.63) is 147 Å². The van der Waals surface area contributed by atoms with Crippen molar-refractivity contribution >= 4 is 28.4 Å². The molecule has 0 aliphatic carbocycles. The van der Waals surface area contributed by atoms with Gasteiger partial charge in [0.2, 0.25) is 0 Å². The minimum absolute atomic E-state index is 0. The quantitative estimate of drug-likeness (QED) is 0.134. The van der Waals surface area contributed by atoms with Crippen LogP contribution in [0.25, 0.3) is 43.8 Å². The Balaban J connectivity index is 0.000000253. The molecule has 0 aliphatic heterocycles. The third-order valence-corrected chi connectivity index (χ3v) is 7.04. The molecule has 0 atom stereocenters. The van der Waals surface area contributed by atoms with E-state index in [4.69, 9.17) is 0 Å². The average Bonchev–Trinajstić information content (AvgIpc) is 3.56. The predicted molar refractivity (Wildman–Crippen MR) is 177 cm³/mol. The molecule has 0 unspecified atom stereocenters. The van der Waals surface area contributed by atoms with Gasteiger partial charge in [-0.1, -0.05) is 119 Å². The van der Waals surface area contributed by atoms with Crippen LogP contribution in [-0.4, -0.2) is 6.88 Å². The number of hydrogen-bond donors (Lipinski definition) is 0. The number of fused-ring (bicyclic) bond motifs is 2. The number of hydrogen-bond acceptors (Lipinski definition) is 0. The van der Waals surface area contributed by atoms with Crippen LogP contribution in [-0.2, 0) is 28.8 Å². The summed E-state index contributed by atoms with van der Waals surface area (Å²) in [4.78, 5) is 0. The van der Waals surface area contributed by atoms with Crippen molar-refractivity contribution in [3.8, 4) is 22.3 Å². The standard InChI is InChI=1S/C19H19.C17H15.2CH3.Si.Zr/c1-19(2,3)16-12-15-10-7-11-17(18(15)13-16)14-8-5-4-6-9-14;1-12-10-16-13(2)8-9-15(17(16)11-12)14-6-4-3-5-7-14;;;;/h4-13H,1-3H3;3-11H,1-2H3;2*1H3;;/q4*-1;;. The third-order valence-electron chi connectivity index (χ3n) is 7.04. The second-order valence-corrected chi connectivity index (χ2v) is 10.8. The summed E-state index contributed by atoms with van der Waals surface area (Å²) in [6, 6.07) is 41.4. The van der Waals surface area contributed by atoms with Gasteiger partial charge in [-0.15, -0.1) is 68.6 Å². The summed E-state index contributed by atoms with van der Waals surface area (Å²) in [6.45, 7) is 14.2. The van der Waals surface area contributed by atoms with Crippen LogP contribution in [0.5, 0.6) is 0 Å². The van der Waals surface area contributed by atoms with Gasteiger partial charge in [0, 0.05) is 0 Å². The molecule has 2 radical (unpaired) electrons. The van der Waals surface area contributed by atoms with E-state index in [0.717, 1.165) is 0 Å². The molecule has 0 saturated heterocycles. The first-order valence-electron chi connectivity index (χ1n) is 13.0. The van der Waals surface area contributed by atoms with Crippen molar-refractivity contribution in [3.63, 3.8) is 0 Å². The molecule has 0 bridgehead atoms. The molecule has 0 nitrogen and oxygen atoms in total. The molecule has 0 fully saturated rings. The van der Waals surface area contributed by atoms with Crippen molar-refractivity contribution in [2.45, 2.75) is 40.0 Å². The van der Waals surface area contributed by atoms with Crippen LogP contribution in [0.1, 0.15) is 37.5 Å². The van der Waals surface area contributed by atoms with Gasteiger partial charge in [0.1, 0.15) is 0 Å². The van der Waals surface area contributed by atoms with E-state index in [9.17, 15) is 0 Å². The number of aryl methyl sites for hydroxylation is 2. The summed E-state index contributed by atoms with van der Waals surface area (Å²) >= 11 is 1.36. The van der Waals surface area contributed by atoms with Gasteiger partial charge in [-0.05, 0) is 16.5 Å². The van der Waals surface area contributed by atoms with Crippen LogP contribution in [0.15, 0.2) is 115 Å². The molecule has 2 heteroatoms. The monoisotopic (exact) mass is 614 g/mol. The van der Waals surface area contributed by atoms with E-state index in [1.54, 1.807) is 0 Å². The van der Waals surface area contributed by atoms with Gasteiger partial charge >= 0.3 is 30.2 Å². The topological polar surface area (TPSA) is 0 Å². The molecule has 204 valence electrons. The van der Waals surface area contributed by atoms with Gasteiger partial charge in [-0.3, -0.25) is 0 Å². The summed E-state index contributed by atoms with van der Waals surface area (Å²) in [6.07, 6.45) is 0. The Morgan fingerprint density at radius 3 is 1.70 bits per heavy atom. The Morgan fingerprint density at radius 2 is 1.15 bits per heavy atom. The Bertz CT molecular complexity index is 1630. The van der Waals surface area contributed by atoms with Crippen LogP contribution >= 0.6 is 0 Å². The Labute approximate surface area is 259 Å². The van der Waals surface area contributed by atoms with Gasteiger partial charge in [-0.2, -0.15) is 12.1 Å². The van der Waals surface area contributed by atoms with Crippen LogP contribution in [0.4, 0.5) is 0 Å². The number of benzene rings is 4. The van der Waals surface area contributed by atoms with Crippen molar-refractivity contribution in [2.24, 2.45) is 0 Å². The minimum atomic E-state index is 0. The molecular weight excluding hydrogens is 576 g/mol. The Hall–Kier alpha value is -2.80. The van der Waals surface area contributed by atoms with Crippen LogP contribution < -0.4 is 0 Å². The Morgan fingerprint density at radius 1 is 0.600 bits per heavy atom. The van der Waals surface area contributed by atoms with E-state index >= 15 is 0 Å². The van der Waals surface area contributed by atoms with Crippen LogP contribution in [0.2, 0.25) is 0 Å². The van der Waals surface area contributed by atoms with Gasteiger partial charge in [0.05, 0.1) is 0 Å². The molecule has 0 aliphatic rings. The fraction of sp³-hybridized carbons (Fsp3) is 0.158. The SMILES string of the molecule is CC(C)(C)c1cc2c(-c3ccccc3)cccc2[cH-]1.Cc1cc2c(-c3ccccc3)ccc(C)c2[cH-]1.[CH3-].[CH3-].[Si]=[Zr]. The second kappa shape index (κ2) is 14.7. The molecule has 0 N–H and O–H groups in total. The summed E-state index contributed by atoms with van der Waals surface area (Å²) in [5.41, 5.74) is 9.55. The molecule has 0 saturated carbocycles. The number of rotatable bonds is 2. The molecule has 0 heterocycles. The molecule has 6 aromatic carbocycles. The summed E-state index contributed by atoms with van der Waals surface area (Å²) in [5.74, 6) is 0. The van der Waals surface area contributed by atoms with Crippen molar-refractivity contribution in [2.75, 3.05) is 0 Å². The second-order valence-electron chi connectivity index (χ2n) is 10.8. The maximum absolute atomic E-state index is 3.06.